The van der Waals surface area contributed by atoms with Crippen molar-refractivity contribution in [2.75, 3.05) is 18.1 Å². The van der Waals surface area contributed by atoms with Crippen molar-refractivity contribution < 1.29 is 19.2 Å². The number of nitriles is 1. The van der Waals surface area contributed by atoms with E-state index in [-0.39, 0.29) is 23.7 Å². The second kappa shape index (κ2) is 11.1. The Bertz CT molecular complexity index is 1080. The van der Waals surface area contributed by atoms with Crippen molar-refractivity contribution in [3.8, 4) is 6.07 Å². The molecule has 0 fully saturated rings. The molecule has 0 spiro atoms. The molecule has 0 aliphatic heterocycles. The summed E-state index contributed by atoms with van der Waals surface area (Å²) in [5.41, 5.74) is 1.36. The van der Waals surface area contributed by atoms with E-state index in [1.165, 1.54) is 29.2 Å². The number of nitro groups is 1. The molecule has 160 valence electrons. The number of esters is 1. The highest BCUT2D eigenvalue weighted by atomic mass is 35.5. The molecule has 0 aliphatic rings. The number of nitrogens with zero attached hydrogens (tertiary/aromatic N) is 3. The number of hydrogen-bond acceptors (Lipinski definition) is 6. The Morgan fingerprint density at radius 1 is 1.23 bits per heavy atom. The summed E-state index contributed by atoms with van der Waals surface area (Å²) in [5, 5.41) is 20.3. The number of rotatable bonds is 8. The number of amides is 1. The monoisotopic (exact) mass is 461 g/mol. The van der Waals surface area contributed by atoms with Gasteiger partial charge >= 0.3 is 5.97 Å². The van der Waals surface area contributed by atoms with E-state index in [0.717, 1.165) is 11.6 Å². The largest absolute Gasteiger partial charge is 0.452 e. The lowest BCUT2D eigenvalue weighted by Crippen LogP contribution is -2.35. The first-order valence-corrected chi connectivity index (χ1v) is 9.70. The van der Waals surface area contributed by atoms with Gasteiger partial charge in [-0.25, -0.2) is 4.79 Å². The van der Waals surface area contributed by atoms with Crippen molar-refractivity contribution >= 4 is 52.5 Å². The van der Waals surface area contributed by atoms with E-state index in [9.17, 15) is 19.7 Å². The summed E-state index contributed by atoms with van der Waals surface area (Å²) in [6.07, 6.45) is 2.45. The number of halogens is 2. The lowest BCUT2D eigenvalue weighted by atomic mass is 10.2. The smallest absolute Gasteiger partial charge is 0.331 e. The molecule has 0 saturated carbocycles. The van der Waals surface area contributed by atoms with Crippen LogP contribution in [0.3, 0.4) is 0 Å². The van der Waals surface area contributed by atoms with E-state index in [4.69, 9.17) is 33.2 Å². The minimum atomic E-state index is -0.807. The van der Waals surface area contributed by atoms with Gasteiger partial charge in [-0.3, -0.25) is 14.9 Å². The number of ether oxygens (including phenoxy) is 1. The first-order valence-electron chi connectivity index (χ1n) is 8.95. The highest BCUT2D eigenvalue weighted by Gasteiger charge is 2.18. The zero-order valence-corrected chi connectivity index (χ0v) is 17.9. The average Bonchev–Trinajstić information content (AvgIpc) is 2.74. The van der Waals surface area contributed by atoms with Crippen molar-refractivity contribution in [1.29, 1.82) is 5.26 Å². The van der Waals surface area contributed by atoms with E-state index >= 15 is 0 Å². The number of carbonyl (C=O) groups excluding carboxylic acids is 2. The Labute approximate surface area is 188 Å². The first kappa shape index (κ1) is 23.9. The number of benzene rings is 2. The van der Waals surface area contributed by atoms with Crippen molar-refractivity contribution in [3.05, 3.63) is 73.8 Å². The van der Waals surface area contributed by atoms with E-state index in [0.29, 0.717) is 16.3 Å². The summed E-state index contributed by atoms with van der Waals surface area (Å²) in [7, 11) is 0. The van der Waals surface area contributed by atoms with Crippen LogP contribution < -0.4 is 4.90 Å². The van der Waals surface area contributed by atoms with Gasteiger partial charge in [-0.2, -0.15) is 5.26 Å². The van der Waals surface area contributed by atoms with E-state index in [1.54, 1.807) is 25.1 Å². The predicted octanol–water partition coefficient (Wildman–Crippen LogP) is 4.71. The maximum absolute atomic E-state index is 12.6. The first-order chi connectivity index (χ1) is 14.7. The zero-order valence-electron chi connectivity index (χ0n) is 16.4. The molecule has 0 N–H and O–H groups in total. The molecule has 0 radical (unpaired) electrons. The van der Waals surface area contributed by atoms with Gasteiger partial charge in [0.25, 0.3) is 11.6 Å². The fourth-order valence-electron chi connectivity index (χ4n) is 2.55. The maximum Gasteiger partial charge on any atom is 0.331 e. The fraction of sp³-hybridized carbons (Fsp3) is 0.190. The lowest BCUT2D eigenvalue weighted by Gasteiger charge is -2.22. The van der Waals surface area contributed by atoms with Gasteiger partial charge in [0, 0.05) is 29.4 Å². The molecule has 0 unspecified atom stereocenters. The summed E-state index contributed by atoms with van der Waals surface area (Å²) in [6, 6.07) is 11.0. The quantitative estimate of drug-likeness (QED) is 0.243. The zero-order chi connectivity index (χ0) is 23.0. The summed E-state index contributed by atoms with van der Waals surface area (Å²) in [6.45, 7) is 1.36. The van der Waals surface area contributed by atoms with Crippen LogP contribution in [0.1, 0.15) is 17.5 Å². The Morgan fingerprint density at radius 2 is 1.94 bits per heavy atom. The van der Waals surface area contributed by atoms with Crippen LogP contribution in [0.25, 0.3) is 6.08 Å². The SMILES string of the molecule is Cc1cc(N(CCC#N)C(=O)COC(=O)/C=C/c2ccc(Cl)c([N+](=O)[O-])c2)ccc1Cl. The van der Waals surface area contributed by atoms with E-state index in [2.05, 4.69) is 0 Å². The molecule has 0 heterocycles. The minimum Gasteiger partial charge on any atom is -0.452 e. The van der Waals surface area contributed by atoms with Gasteiger partial charge in [0.1, 0.15) is 5.02 Å². The molecular formula is C21H17Cl2N3O5. The van der Waals surface area contributed by atoms with E-state index in [1.807, 2.05) is 6.07 Å². The van der Waals surface area contributed by atoms with Gasteiger partial charge in [-0.1, -0.05) is 29.3 Å². The minimum absolute atomic E-state index is 0.0229. The van der Waals surface area contributed by atoms with Crippen LogP contribution in [0, 0.1) is 28.4 Å². The normalized spacial score (nSPS) is 10.5. The van der Waals surface area contributed by atoms with Crippen LogP contribution in [0.2, 0.25) is 10.0 Å². The van der Waals surface area contributed by atoms with Crippen molar-refractivity contribution in [3.63, 3.8) is 0 Å². The van der Waals surface area contributed by atoms with Gasteiger partial charge in [-0.05, 0) is 48.4 Å². The lowest BCUT2D eigenvalue weighted by molar-refractivity contribution is -0.384. The second-order valence-electron chi connectivity index (χ2n) is 6.30. The third-order valence-electron chi connectivity index (χ3n) is 4.12. The third kappa shape index (κ3) is 6.81. The number of hydrogen-bond donors (Lipinski definition) is 0. The Hall–Kier alpha value is -3.41. The molecule has 0 bridgehead atoms. The molecule has 1 amide bonds. The van der Waals surface area contributed by atoms with Gasteiger partial charge < -0.3 is 9.64 Å². The molecule has 0 saturated heterocycles. The van der Waals surface area contributed by atoms with Crippen LogP contribution in [0.4, 0.5) is 11.4 Å². The predicted molar refractivity (Wildman–Crippen MR) is 117 cm³/mol. The standard InChI is InChI=1S/C21H17Cl2N3O5/c1-14-11-16(5-7-17(14)22)25(10-2-9-24)20(27)13-31-21(28)8-4-15-3-6-18(23)19(12-15)26(29)30/h3-8,11-12H,2,10,13H2,1H3/b8-4+. The molecule has 0 aliphatic carbocycles. The molecule has 0 aromatic heterocycles. The Morgan fingerprint density at radius 3 is 2.58 bits per heavy atom. The van der Waals surface area contributed by atoms with Crippen LogP contribution >= 0.6 is 23.2 Å². The van der Waals surface area contributed by atoms with Gasteiger partial charge in [0.2, 0.25) is 0 Å². The summed E-state index contributed by atoms with van der Waals surface area (Å²) >= 11 is 11.8. The van der Waals surface area contributed by atoms with Crippen LogP contribution in [0.15, 0.2) is 42.5 Å². The fourth-order valence-corrected chi connectivity index (χ4v) is 2.86. The maximum atomic E-state index is 12.6. The van der Waals surface area contributed by atoms with Crippen molar-refractivity contribution in [2.24, 2.45) is 0 Å². The van der Waals surface area contributed by atoms with Crippen molar-refractivity contribution in [1.82, 2.24) is 0 Å². The molecule has 2 aromatic carbocycles. The van der Waals surface area contributed by atoms with Crippen LogP contribution in [-0.4, -0.2) is 30.0 Å². The molecule has 2 aromatic rings. The van der Waals surface area contributed by atoms with Gasteiger partial charge in [-0.15, -0.1) is 0 Å². The van der Waals surface area contributed by atoms with E-state index < -0.39 is 23.4 Å². The average molecular weight is 462 g/mol. The molecule has 31 heavy (non-hydrogen) atoms. The van der Waals surface area contributed by atoms with Gasteiger partial charge in [0.05, 0.1) is 17.4 Å². The van der Waals surface area contributed by atoms with Crippen LogP contribution in [0.5, 0.6) is 0 Å². The molecule has 0 atom stereocenters. The van der Waals surface area contributed by atoms with Crippen molar-refractivity contribution in [2.45, 2.75) is 13.3 Å². The number of nitro benzene ring substituents is 1. The number of aryl methyl sites for hydroxylation is 1. The third-order valence-corrected chi connectivity index (χ3v) is 4.86. The summed E-state index contributed by atoms with van der Waals surface area (Å²) < 4.78 is 4.98. The number of anilines is 1. The number of carbonyl (C=O) groups is 2. The van der Waals surface area contributed by atoms with Crippen LogP contribution in [-0.2, 0) is 14.3 Å². The molecule has 8 nitrogen and oxygen atoms in total. The topological polar surface area (TPSA) is 114 Å². The second-order valence-corrected chi connectivity index (χ2v) is 7.11. The molecule has 10 heteroatoms. The highest BCUT2D eigenvalue weighted by Crippen LogP contribution is 2.26. The summed E-state index contributed by atoms with van der Waals surface area (Å²) in [4.78, 5) is 36.2. The molecular weight excluding hydrogens is 445 g/mol. The van der Waals surface area contributed by atoms with Gasteiger partial charge in [0.15, 0.2) is 6.61 Å². The Balaban J connectivity index is 2.04. The summed E-state index contributed by atoms with van der Waals surface area (Å²) in [5.74, 6) is -1.32. The highest BCUT2D eigenvalue weighted by molar-refractivity contribution is 6.32. The Kier molecular flexibility index (Phi) is 8.55. The molecule has 2 rings (SSSR count).